The number of likely N-dealkylation sites (N-methyl/N-ethyl adjacent to an activating group) is 1. The zero-order valence-electron chi connectivity index (χ0n) is 12.5. The highest BCUT2D eigenvalue weighted by Crippen LogP contribution is 2.34. The number of hydrogen-bond donors (Lipinski definition) is 2. The molecule has 0 radical (unpaired) electrons. The molecule has 1 aliphatic carbocycles. The zero-order valence-corrected chi connectivity index (χ0v) is 12.5. The smallest absolute Gasteiger partial charge is 0.244 e. The minimum atomic E-state index is -0.712. The molecule has 1 fully saturated rings. The van der Waals surface area contributed by atoms with Gasteiger partial charge in [0.25, 0.3) is 0 Å². The third-order valence-corrected chi connectivity index (χ3v) is 4.51. The number of rotatable bonds is 2. The van der Waals surface area contributed by atoms with E-state index in [1.165, 1.54) is 6.42 Å². The molecule has 1 amide bonds. The third-order valence-electron chi connectivity index (χ3n) is 4.51. The van der Waals surface area contributed by atoms with E-state index in [4.69, 9.17) is 10.5 Å². The molecule has 1 saturated carbocycles. The lowest BCUT2D eigenvalue weighted by molar-refractivity contribution is -0.122. The van der Waals surface area contributed by atoms with E-state index < -0.39 is 5.54 Å². The molecule has 2 aliphatic rings. The number of nitrogens with zero attached hydrogens (tertiary/aromatic N) is 1. The van der Waals surface area contributed by atoms with Gasteiger partial charge in [-0.3, -0.25) is 4.79 Å². The van der Waals surface area contributed by atoms with Crippen LogP contribution in [-0.2, 0) is 4.79 Å². The largest absolute Gasteiger partial charge is 0.490 e. The van der Waals surface area contributed by atoms with Crippen LogP contribution in [0.5, 0.6) is 5.75 Å². The first-order valence-corrected chi connectivity index (χ1v) is 7.67. The van der Waals surface area contributed by atoms with E-state index in [2.05, 4.69) is 10.2 Å². The molecule has 0 atom stereocenters. The Balaban J connectivity index is 1.76. The summed E-state index contributed by atoms with van der Waals surface area (Å²) in [6.07, 6.45) is 4.78. The van der Waals surface area contributed by atoms with E-state index in [-0.39, 0.29) is 5.91 Å². The van der Waals surface area contributed by atoms with Crippen LogP contribution in [0.4, 0.5) is 11.4 Å². The summed E-state index contributed by atoms with van der Waals surface area (Å²) in [6, 6.07) is 5.74. The van der Waals surface area contributed by atoms with Gasteiger partial charge in [0.15, 0.2) is 0 Å². The Morgan fingerprint density at radius 2 is 2.10 bits per heavy atom. The molecule has 114 valence electrons. The van der Waals surface area contributed by atoms with Gasteiger partial charge in [-0.2, -0.15) is 0 Å². The predicted molar refractivity (Wildman–Crippen MR) is 83.8 cm³/mol. The lowest BCUT2D eigenvalue weighted by Crippen LogP contribution is -2.52. The number of hydrogen-bond acceptors (Lipinski definition) is 4. The molecule has 1 aromatic rings. The lowest BCUT2D eigenvalue weighted by Gasteiger charge is -2.32. The quantitative estimate of drug-likeness (QED) is 0.875. The molecule has 0 unspecified atom stereocenters. The van der Waals surface area contributed by atoms with E-state index in [0.29, 0.717) is 6.61 Å². The normalized spacial score (nSPS) is 20.4. The molecule has 21 heavy (non-hydrogen) atoms. The van der Waals surface area contributed by atoms with E-state index >= 15 is 0 Å². The molecular weight excluding hydrogens is 266 g/mol. The van der Waals surface area contributed by atoms with Gasteiger partial charge in [-0.1, -0.05) is 19.3 Å². The van der Waals surface area contributed by atoms with Crippen molar-refractivity contribution in [2.45, 2.75) is 37.6 Å². The lowest BCUT2D eigenvalue weighted by atomic mass is 9.82. The SMILES string of the molecule is CN1CCOc2ccc(NC(=O)C3(N)CCCCC3)cc21. The van der Waals surface area contributed by atoms with Crippen LogP contribution in [0.3, 0.4) is 0 Å². The Bertz CT molecular complexity index is 538. The van der Waals surface area contributed by atoms with Gasteiger partial charge in [0.1, 0.15) is 12.4 Å². The molecule has 3 N–H and O–H groups in total. The molecule has 1 aromatic carbocycles. The Hall–Kier alpha value is -1.75. The highest BCUT2D eigenvalue weighted by atomic mass is 16.5. The summed E-state index contributed by atoms with van der Waals surface area (Å²) >= 11 is 0. The number of carbonyl (C=O) groups is 1. The predicted octanol–water partition coefficient (Wildman–Crippen LogP) is 2.12. The van der Waals surface area contributed by atoms with Crippen LogP contribution in [-0.4, -0.2) is 31.6 Å². The molecule has 5 nitrogen and oxygen atoms in total. The van der Waals surface area contributed by atoms with Crippen molar-refractivity contribution in [2.75, 3.05) is 30.4 Å². The van der Waals surface area contributed by atoms with Gasteiger partial charge in [0.2, 0.25) is 5.91 Å². The Morgan fingerprint density at radius 3 is 2.86 bits per heavy atom. The average Bonchev–Trinajstić information content (AvgIpc) is 2.49. The summed E-state index contributed by atoms with van der Waals surface area (Å²) in [5, 5.41) is 2.98. The summed E-state index contributed by atoms with van der Waals surface area (Å²) in [5.41, 5.74) is 7.35. The topological polar surface area (TPSA) is 67.6 Å². The fourth-order valence-electron chi connectivity index (χ4n) is 3.09. The molecule has 0 bridgehead atoms. The van der Waals surface area contributed by atoms with Gasteiger partial charge in [-0.25, -0.2) is 0 Å². The maximum absolute atomic E-state index is 12.5. The summed E-state index contributed by atoms with van der Waals surface area (Å²) < 4.78 is 5.61. The summed E-state index contributed by atoms with van der Waals surface area (Å²) in [7, 11) is 2.03. The Morgan fingerprint density at radius 1 is 1.33 bits per heavy atom. The number of ether oxygens (including phenoxy) is 1. The van der Waals surface area contributed by atoms with Crippen molar-refractivity contribution in [3.8, 4) is 5.75 Å². The highest BCUT2D eigenvalue weighted by molar-refractivity contribution is 5.98. The zero-order chi connectivity index (χ0) is 14.9. The van der Waals surface area contributed by atoms with Crippen LogP contribution in [0.2, 0.25) is 0 Å². The molecule has 1 heterocycles. The minimum absolute atomic E-state index is 0.0680. The van der Waals surface area contributed by atoms with Crippen molar-refractivity contribution in [3.05, 3.63) is 18.2 Å². The van der Waals surface area contributed by atoms with Crippen LogP contribution < -0.4 is 20.7 Å². The van der Waals surface area contributed by atoms with Crippen molar-refractivity contribution in [2.24, 2.45) is 5.73 Å². The third kappa shape index (κ3) is 2.83. The van der Waals surface area contributed by atoms with E-state index in [1.807, 2.05) is 25.2 Å². The van der Waals surface area contributed by atoms with Crippen molar-refractivity contribution in [1.29, 1.82) is 0 Å². The van der Waals surface area contributed by atoms with Crippen molar-refractivity contribution >= 4 is 17.3 Å². The van der Waals surface area contributed by atoms with Crippen molar-refractivity contribution in [3.63, 3.8) is 0 Å². The molecule has 0 spiro atoms. The van der Waals surface area contributed by atoms with Crippen molar-refractivity contribution in [1.82, 2.24) is 0 Å². The van der Waals surface area contributed by atoms with Crippen LogP contribution in [0.15, 0.2) is 18.2 Å². The standard InChI is InChI=1S/C16H23N3O2/c1-19-9-10-21-14-6-5-12(11-13(14)19)18-15(20)16(17)7-3-2-4-8-16/h5-6,11H,2-4,7-10,17H2,1H3,(H,18,20). The van der Waals surface area contributed by atoms with E-state index in [1.54, 1.807) is 0 Å². The number of carbonyl (C=O) groups excluding carboxylic acids is 1. The fraction of sp³-hybridized carbons (Fsp3) is 0.562. The molecule has 0 saturated heterocycles. The summed E-state index contributed by atoms with van der Waals surface area (Å²) in [4.78, 5) is 14.6. The number of nitrogens with two attached hydrogens (primary N) is 1. The summed E-state index contributed by atoms with van der Waals surface area (Å²) in [6.45, 7) is 1.55. The molecule has 1 aliphatic heterocycles. The second kappa shape index (κ2) is 5.56. The van der Waals surface area contributed by atoms with Gasteiger partial charge in [0, 0.05) is 12.7 Å². The number of fused-ring (bicyclic) bond motifs is 1. The van der Waals surface area contributed by atoms with Gasteiger partial charge >= 0.3 is 0 Å². The van der Waals surface area contributed by atoms with Crippen LogP contribution in [0, 0.1) is 0 Å². The Kier molecular flexibility index (Phi) is 3.76. The summed E-state index contributed by atoms with van der Waals surface area (Å²) in [5.74, 6) is 0.795. The van der Waals surface area contributed by atoms with Crippen LogP contribution >= 0.6 is 0 Å². The Labute approximate surface area is 125 Å². The maximum atomic E-state index is 12.5. The fourth-order valence-corrected chi connectivity index (χ4v) is 3.09. The number of amides is 1. The second-order valence-electron chi connectivity index (χ2n) is 6.12. The molecular formula is C16H23N3O2. The van der Waals surface area contributed by atoms with Gasteiger partial charge in [0.05, 0.1) is 17.8 Å². The van der Waals surface area contributed by atoms with Crippen LogP contribution in [0.25, 0.3) is 0 Å². The van der Waals surface area contributed by atoms with E-state index in [0.717, 1.165) is 49.4 Å². The molecule has 0 aromatic heterocycles. The highest BCUT2D eigenvalue weighted by Gasteiger charge is 2.35. The van der Waals surface area contributed by atoms with Crippen molar-refractivity contribution < 1.29 is 9.53 Å². The van der Waals surface area contributed by atoms with Crippen LogP contribution in [0.1, 0.15) is 32.1 Å². The number of anilines is 2. The first-order valence-electron chi connectivity index (χ1n) is 7.67. The maximum Gasteiger partial charge on any atom is 0.244 e. The van der Waals surface area contributed by atoms with Gasteiger partial charge < -0.3 is 20.7 Å². The molecule has 5 heteroatoms. The first kappa shape index (κ1) is 14.2. The molecule has 3 rings (SSSR count). The average molecular weight is 289 g/mol. The first-order chi connectivity index (χ1) is 10.1. The van der Waals surface area contributed by atoms with Gasteiger partial charge in [-0.05, 0) is 31.0 Å². The minimum Gasteiger partial charge on any atom is -0.490 e. The second-order valence-corrected chi connectivity index (χ2v) is 6.12. The monoisotopic (exact) mass is 289 g/mol. The van der Waals surface area contributed by atoms with E-state index in [9.17, 15) is 4.79 Å². The van der Waals surface area contributed by atoms with Gasteiger partial charge in [-0.15, -0.1) is 0 Å². The number of nitrogens with one attached hydrogen (secondary N) is 1. The number of benzene rings is 1.